The van der Waals surface area contributed by atoms with Gasteiger partial charge in [-0.3, -0.25) is 0 Å². The van der Waals surface area contributed by atoms with Crippen molar-refractivity contribution in [2.45, 2.75) is 30.9 Å². The molecular formula is C22H26BrNO5. The van der Waals surface area contributed by atoms with Crippen molar-refractivity contribution in [1.29, 1.82) is 0 Å². The number of piperidine rings is 1. The molecule has 2 atom stereocenters. The van der Waals surface area contributed by atoms with Gasteiger partial charge in [0.15, 0.2) is 0 Å². The summed E-state index contributed by atoms with van der Waals surface area (Å²) in [6, 6.07) is 12.6. The number of nitrogens with zero attached hydrogens (tertiary/aromatic N) is 1. The van der Waals surface area contributed by atoms with Crippen LogP contribution in [0.15, 0.2) is 46.9 Å². The quantitative estimate of drug-likeness (QED) is 0.721. The summed E-state index contributed by atoms with van der Waals surface area (Å²) in [6.07, 6.45) is 1.18. The summed E-state index contributed by atoms with van der Waals surface area (Å²) in [7, 11) is 4.57. The lowest BCUT2D eigenvalue weighted by Crippen LogP contribution is -2.57. The Balaban J connectivity index is 2.07. The third kappa shape index (κ3) is 4.36. The zero-order valence-electron chi connectivity index (χ0n) is 16.9. The molecule has 1 saturated heterocycles. The zero-order chi connectivity index (χ0) is 21.0. The maximum atomic E-state index is 12.5. The summed E-state index contributed by atoms with van der Waals surface area (Å²) in [5, 5.41) is 11.9. The molecular weight excluding hydrogens is 438 g/mol. The first-order chi connectivity index (χ1) is 13.9. The van der Waals surface area contributed by atoms with E-state index in [2.05, 4.69) is 15.9 Å². The molecule has 0 bridgehead atoms. The molecule has 29 heavy (non-hydrogen) atoms. The molecule has 1 aliphatic heterocycles. The van der Waals surface area contributed by atoms with Crippen molar-refractivity contribution in [2.75, 3.05) is 27.9 Å². The Morgan fingerprint density at radius 3 is 2.59 bits per heavy atom. The first-order valence-electron chi connectivity index (χ1n) is 9.47. The lowest BCUT2D eigenvalue weighted by atomic mass is 9.76. The van der Waals surface area contributed by atoms with Gasteiger partial charge in [-0.05, 0) is 60.7 Å². The first-order valence-corrected chi connectivity index (χ1v) is 10.3. The van der Waals surface area contributed by atoms with Crippen molar-refractivity contribution in [3.63, 3.8) is 0 Å². The van der Waals surface area contributed by atoms with Crippen LogP contribution in [-0.4, -0.2) is 50.0 Å². The van der Waals surface area contributed by atoms with Gasteiger partial charge in [-0.2, -0.15) is 0 Å². The van der Waals surface area contributed by atoms with Crippen LogP contribution in [0.2, 0.25) is 0 Å². The van der Waals surface area contributed by atoms with Crippen LogP contribution < -0.4 is 9.47 Å². The predicted molar refractivity (Wildman–Crippen MR) is 113 cm³/mol. The number of hydrogen-bond donors (Lipinski definition) is 1. The van der Waals surface area contributed by atoms with Crippen LogP contribution in [0.4, 0.5) is 4.79 Å². The zero-order valence-corrected chi connectivity index (χ0v) is 18.4. The molecule has 0 radical (unpaired) electrons. The standard InChI is InChI=1S/C22H26BrNO5/c1-27-17-7-4-6-16(14-17)22(26)10-5-11-24(21(25)29-3)20(22)13-15-12-18(28-2)8-9-19(15)23/h4,6-9,12,14,20,26H,5,10-11,13H2,1-3H3. The molecule has 7 heteroatoms. The lowest BCUT2D eigenvalue weighted by molar-refractivity contribution is -0.0791. The van der Waals surface area contributed by atoms with Gasteiger partial charge in [-0.25, -0.2) is 4.79 Å². The molecule has 1 N–H and O–H groups in total. The number of halogens is 1. The SMILES string of the molecule is COC(=O)N1CCCC(O)(c2cccc(OC)c2)C1Cc1cc(OC)ccc1Br. The van der Waals surface area contributed by atoms with Crippen LogP contribution in [0.1, 0.15) is 24.0 Å². The summed E-state index contributed by atoms with van der Waals surface area (Å²) >= 11 is 3.59. The molecule has 2 aromatic rings. The van der Waals surface area contributed by atoms with Gasteiger partial charge in [0.1, 0.15) is 17.1 Å². The average molecular weight is 464 g/mol. The van der Waals surface area contributed by atoms with Crippen molar-refractivity contribution in [1.82, 2.24) is 4.90 Å². The lowest BCUT2D eigenvalue weighted by Gasteiger charge is -2.47. The number of carbonyl (C=O) groups is 1. The summed E-state index contributed by atoms with van der Waals surface area (Å²) < 4.78 is 16.6. The second-order valence-corrected chi connectivity index (χ2v) is 7.95. The summed E-state index contributed by atoms with van der Waals surface area (Å²) in [4.78, 5) is 14.2. The Morgan fingerprint density at radius 2 is 1.90 bits per heavy atom. The fourth-order valence-electron chi connectivity index (χ4n) is 3.99. The molecule has 0 aromatic heterocycles. The molecule has 1 heterocycles. The van der Waals surface area contributed by atoms with Gasteiger partial charge in [0.05, 0.1) is 27.4 Å². The third-order valence-electron chi connectivity index (χ3n) is 5.53. The van der Waals surface area contributed by atoms with Crippen molar-refractivity contribution in [3.05, 3.63) is 58.1 Å². The number of ether oxygens (including phenoxy) is 3. The van der Waals surface area contributed by atoms with Gasteiger partial charge in [-0.1, -0.05) is 28.1 Å². The molecule has 1 amide bonds. The van der Waals surface area contributed by atoms with E-state index in [9.17, 15) is 9.90 Å². The average Bonchev–Trinajstić information content (AvgIpc) is 2.76. The van der Waals surface area contributed by atoms with E-state index in [-0.39, 0.29) is 0 Å². The van der Waals surface area contributed by atoms with Gasteiger partial charge in [0.2, 0.25) is 0 Å². The van der Waals surface area contributed by atoms with Gasteiger partial charge < -0.3 is 24.2 Å². The van der Waals surface area contributed by atoms with Crippen LogP contribution in [0.5, 0.6) is 11.5 Å². The topological polar surface area (TPSA) is 68.2 Å². The highest BCUT2D eigenvalue weighted by atomic mass is 79.9. The van der Waals surface area contributed by atoms with E-state index in [1.54, 1.807) is 19.1 Å². The molecule has 3 rings (SSSR count). The number of aliphatic hydroxyl groups is 1. The highest BCUT2D eigenvalue weighted by molar-refractivity contribution is 9.10. The summed E-state index contributed by atoms with van der Waals surface area (Å²) in [6.45, 7) is 0.519. The van der Waals surface area contributed by atoms with Crippen LogP contribution in [0, 0.1) is 0 Å². The fourth-order valence-corrected chi connectivity index (χ4v) is 4.39. The second kappa shape index (κ2) is 9.05. The summed E-state index contributed by atoms with van der Waals surface area (Å²) in [5.41, 5.74) is 0.407. The monoisotopic (exact) mass is 463 g/mol. The molecule has 0 spiro atoms. The maximum absolute atomic E-state index is 12.5. The Labute approximate surface area is 179 Å². The Kier molecular flexibility index (Phi) is 6.70. The highest BCUT2D eigenvalue weighted by Gasteiger charge is 2.47. The highest BCUT2D eigenvalue weighted by Crippen LogP contribution is 2.41. The van der Waals surface area contributed by atoms with Crippen LogP contribution in [0.25, 0.3) is 0 Å². The normalized spacial score (nSPS) is 21.6. The number of hydrogen-bond acceptors (Lipinski definition) is 5. The van der Waals surface area contributed by atoms with Crippen molar-refractivity contribution >= 4 is 22.0 Å². The molecule has 6 nitrogen and oxygen atoms in total. The van der Waals surface area contributed by atoms with E-state index in [4.69, 9.17) is 14.2 Å². The number of likely N-dealkylation sites (tertiary alicyclic amines) is 1. The number of benzene rings is 2. The molecule has 2 aromatic carbocycles. The molecule has 0 aliphatic carbocycles. The van der Waals surface area contributed by atoms with Gasteiger partial charge in [0.25, 0.3) is 0 Å². The predicted octanol–water partition coefficient (Wildman–Crippen LogP) is 4.13. The van der Waals surface area contributed by atoms with Crippen molar-refractivity contribution < 1.29 is 24.1 Å². The number of rotatable bonds is 5. The van der Waals surface area contributed by atoms with Crippen molar-refractivity contribution in [2.24, 2.45) is 0 Å². The van der Waals surface area contributed by atoms with E-state index < -0.39 is 17.7 Å². The summed E-state index contributed by atoms with van der Waals surface area (Å²) in [5.74, 6) is 1.38. The largest absolute Gasteiger partial charge is 0.497 e. The smallest absolute Gasteiger partial charge is 0.409 e. The number of amides is 1. The minimum Gasteiger partial charge on any atom is -0.497 e. The Bertz CT molecular complexity index is 874. The molecule has 1 fully saturated rings. The number of carbonyl (C=O) groups excluding carboxylic acids is 1. The maximum Gasteiger partial charge on any atom is 0.409 e. The Morgan fingerprint density at radius 1 is 1.17 bits per heavy atom. The van der Waals surface area contributed by atoms with E-state index in [0.29, 0.717) is 37.3 Å². The first kappa shape index (κ1) is 21.5. The van der Waals surface area contributed by atoms with E-state index >= 15 is 0 Å². The molecule has 1 aliphatic rings. The molecule has 2 unspecified atom stereocenters. The van der Waals surface area contributed by atoms with Gasteiger partial charge in [-0.15, -0.1) is 0 Å². The van der Waals surface area contributed by atoms with Crippen LogP contribution in [-0.2, 0) is 16.8 Å². The van der Waals surface area contributed by atoms with Crippen molar-refractivity contribution in [3.8, 4) is 11.5 Å². The third-order valence-corrected chi connectivity index (χ3v) is 6.30. The van der Waals surface area contributed by atoms with Crippen LogP contribution in [0.3, 0.4) is 0 Å². The Hall–Kier alpha value is -2.25. The molecule has 156 valence electrons. The minimum atomic E-state index is -1.25. The molecule has 0 saturated carbocycles. The minimum absolute atomic E-state index is 0.431. The van der Waals surface area contributed by atoms with E-state index in [1.165, 1.54) is 7.11 Å². The van der Waals surface area contributed by atoms with Gasteiger partial charge >= 0.3 is 6.09 Å². The van der Waals surface area contributed by atoms with Crippen LogP contribution >= 0.6 is 15.9 Å². The second-order valence-electron chi connectivity index (χ2n) is 7.10. The number of methoxy groups -OCH3 is 3. The van der Waals surface area contributed by atoms with E-state index in [1.807, 2.05) is 42.5 Å². The van der Waals surface area contributed by atoms with Gasteiger partial charge in [0, 0.05) is 11.0 Å². The fraction of sp³-hybridized carbons (Fsp3) is 0.409. The van der Waals surface area contributed by atoms with E-state index in [0.717, 1.165) is 15.6 Å².